The molecule has 612 valence electrons. The number of imidazole rings is 4. The molecule has 4 aromatic carbocycles. The van der Waals surface area contributed by atoms with Crippen molar-refractivity contribution in [1.29, 1.82) is 0 Å². The van der Waals surface area contributed by atoms with Crippen LogP contribution < -0.4 is 22.1 Å². The zero-order valence-electron chi connectivity index (χ0n) is 63.3. The zero-order valence-corrected chi connectivity index (χ0v) is 69.5. The molecule has 4 saturated heterocycles. The molecule has 0 saturated carbocycles. The minimum Gasteiger partial charge on any atom is -0.342 e. The van der Waals surface area contributed by atoms with E-state index >= 15 is 0 Å². The molecule has 4 fully saturated rings. The summed E-state index contributed by atoms with van der Waals surface area (Å²) in [4.78, 5) is 81.1. The summed E-state index contributed by atoms with van der Waals surface area (Å²) in [6.45, 7) is 17.6. The van der Waals surface area contributed by atoms with Gasteiger partial charge in [-0.05, 0) is 103 Å². The van der Waals surface area contributed by atoms with Gasteiger partial charge in [-0.3, -0.25) is 14.4 Å². The second-order valence-corrected chi connectivity index (χ2v) is 30.0. The van der Waals surface area contributed by atoms with Crippen molar-refractivity contribution in [3.05, 3.63) is 145 Å². The van der Waals surface area contributed by atoms with E-state index in [0.29, 0.717) is 36.6 Å². The van der Waals surface area contributed by atoms with Gasteiger partial charge < -0.3 is 56.7 Å². The van der Waals surface area contributed by atoms with Crippen LogP contribution in [0, 0.1) is 23.7 Å². The van der Waals surface area contributed by atoms with E-state index in [0.717, 1.165) is 78.9 Å². The summed E-state index contributed by atoms with van der Waals surface area (Å²) in [5.41, 5.74) is 24.4. The normalized spacial score (nSPS) is 17.1. The number of carbonyl (C=O) groups is 4. The Hall–Kier alpha value is -6.81. The highest BCUT2D eigenvalue weighted by Crippen LogP contribution is 2.36. The van der Waals surface area contributed by atoms with Gasteiger partial charge in [0.2, 0.25) is 5.91 Å². The van der Waals surface area contributed by atoms with Crippen molar-refractivity contribution in [1.82, 2.24) is 65.2 Å². The standard InChI is InChI=1S/C39H47F4N7O2.C26H32N6.C6H8ClF2NO.C5H9F2N.CCl2O.4H2S/c1-24(2)30(21-33(51)49-17-13-38(40,41)14-18-49)35-44-22-31(46-35)28-9-5-26(6-10-28)27-7-11-29(12-8-27)32-23-45-36(47-32)34(25(3)4)48-37(52)50-19-15-39(42,43)16-20-50;1-15(2)23(27)25-29-13-21(31-25)19-9-5-17(6-10-19)18-7-11-20(12-8-18)22-14-30-26(32-22)24(28)16(3)4;7-5(11)10-3-1-6(8,9)2-4-10;6-5(7)1-3-8-4-2-5;2-1(3)4;;;;/h5-12,22-25,30,34H,13-21H2,1-4H3,(H,44,46)(H,45,47)(H,48,52);5-16,23-24H,27-28H2,1-4H3,(H,29,31)(H,30,32);1-4H2;8H,1-4H2;;4*1H2/t30-,34-;23-,24-;;;;;;;/m00......./s1. The quantitative estimate of drug-likeness (QED) is 0.0241. The number of benzene rings is 4. The monoisotopic (exact) mass is 1690 g/mol. The summed E-state index contributed by atoms with van der Waals surface area (Å²) >= 11 is 13.9. The summed E-state index contributed by atoms with van der Waals surface area (Å²) < 4.78 is 103. The number of rotatable bonds is 17. The summed E-state index contributed by atoms with van der Waals surface area (Å²) in [5.74, 6) is -6.94. The van der Waals surface area contributed by atoms with E-state index in [1.54, 1.807) is 17.3 Å². The van der Waals surface area contributed by atoms with E-state index in [-0.39, 0.29) is 193 Å². The predicted octanol–water partition coefficient (Wildman–Crippen LogP) is 19.2. The highest BCUT2D eigenvalue weighted by Gasteiger charge is 2.39. The van der Waals surface area contributed by atoms with E-state index in [1.807, 2.05) is 88.6 Å². The minimum absolute atomic E-state index is 0. The van der Waals surface area contributed by atoms with Crippen LogP contribution in [0.3, 0.4) is 0 Å². The average Bonchev–Trinajstić information content (AvgIpc) is 1.73. The van der Waals surface area contributed by atoms with Crippen LogP contribution in [0.4, 0.5) is 49.5 Å². The number of urea groups is 1. The Labute approximate surface area is 686 Å². The molecule has 4 amide bonds. The van der Waals surface area contributed by atoms with Crippen molar-refractivity contribution in [2.75, 3.05) is 52.4 Å². The molecule has 4 aliphatic rings. The van der Waals surface area contributed by atoms with Gasteiger partial charge in [-0.15, -0.1) is 0 Å². The number of H-pyrrole nitrogens is 4. The third kappa shape index (κ3) is 28.9. The van der Waals surface area contributed by atoms with Gasteiger partial charge in [-0.1, -0.05) is 152 Å². The molecule has 8 heterocycles. The fourth-order valence-corrected chi connectivity index (χ4v) is 12.5. The molecule has 4 aromatic heterocycles. The van der Waals surface area contributed by atoms with Crippen molar-refractivity contribution in [3.8, 4) is 67.3 Å². The number of likely N-dealkylation sites (tertiary alicyclic amines) is 3. The molecule has 0 aliphatic carbocycles. The Kier molecular flexibility index (Phi) is 37.9. The fourth-order valence-electron chi connectivity index (χ4n) is 12.3. The Balaban J connectivity index is 0.000000370. The molecular weight excluding hydrogens is 1590 g/mol. The highest BCUT2D eigenvalue weighted by molar-refractivity contribution is 7.59. The number of amides is 4. The number of halogens is 11. The van der Waals surface area contributed by atoms with E-state index in [4.69, 9.17) is 27.9 Å². The van der Waals surface area contributed by atoms with Gasteiger partial charge in [0.05, 0.1) is 65.7 Å². The number of hydrogen-bond acceptors (Lipinski definition) is 11. The van der Waals surface area contributed by atoms with Crippen LogP contribution >= 0.6 is 88.8 Å². The lowest BCUT2D eigenvalue weighted by molar-refractivity contribution is -0.138. The molecule has 10 N–H and O–H groups in total. The third-order valence-electron chi connectivity index (χ3n) is 19.4. The molecule has 34 heteroatoms. The lowest BCUT2D eigenvalue weighted by Crippen LogP contribution is -2.48. The Morgan fingerprint density at radius 3 is 0.964 bits per heavy atom. The smallest absolute Gasteiger partial charge is 0.318 e. The molecule has 4 atom stereocenters. The van der Waals surface area contributed by atoms with Gasteiger partial charge >= 0.3 is 16.1 Å². The van der Waals surface area contributed by atoms with Gasteiger partial charge in [-0.2, -0.15) is 54.0 Å². The zero-order chi connectivity index (χ0) is 78.1. The number of nitrogens with two attached hydrogens (primary N) is 2. The van der Waals surface area contributed by atoms with Crippen LogP contribution in [0.25, 0.3) is 67.3 Å². The number of nitrogens with one attached hydrogen (secondary N) is 6. The van der Waals surface area contributed by atoms with E-state index in [1.165, 1.54) is 9.80 Å². The first-order chi connectivity index (χ1) is 50.5. The number of nitrogens with zero attached hydrogens (tertiary/aromatic N) is 7. The Morgan fingerprint density at radius 2 is 0.676 bits per heavy atom. The van der Waals surface area contributed by atoms with Crippen molar-refractivity contribution >= 4 is 111 Å². The van der Waals surface area contributed by atoms with Crippen LogP contribution in [0.15, 0.2) is 122 Å². The predicted molar refractivity (Wildman–Crippen MR) is 445 cm³/mol. The molecule has 8 aromatic rings. The van der Waals surface area contributed by atoms with Crippen molar-refractivity contribution in [2.45, 2.75) is 161 Å². The molecule has 0 bridgehead atoms. The van der Waals surface area contributed by atoms with Gasteiger partial charge in [0.15, 0.2) is 0 Å². The third-order valence-corrected chi connectivity index (χ3v) is 19.6. The van der Waals surface area contributed by atoms with Crippen molar-refractivity contribution in [2.24, 2.45) is 35.1 Å². The van der Waals surface area contributed by atoms with E-state index in [2.05, 4.69) is 150 Å². The molecule has 0 unspecified atom stereocenters. The highest BCUT2D eigenvalue weighted by atomic mass is 35.5. The topological polar surface area (TPSA) is 269 Å². The van der Waals surface area contributed by atoms with Crippen molar-refractivity contribution in [3.63, 3.8) is 0 Å². The molecule has 12 rings (SSSR count). The first kappa shape index (κ1) is 96.6. The number of aromatic nitrogens is 8. The number of piperidine rings is 4. The molecular formula is C77H104Cl3F8N15O4S4. The van der Waals surface area contributed by atoms with Crippen LogP contribution in [-0.2, 0) is 4.79 Å². The first-order valence-corrected chi connectivity index (χ1v) is 37.1. The van der Waals surface area contributed by atoms with E-state index < -0.39 is 39.8 Å². The van der Waals surface area contributed by atoms with Gasteiger partial charge in [0.1, 0.15) is 23.3 Å². The molecule has 19 nitrogen and oxygen atoms in total. The minimum atomic E-state index is -2.72. The Bertz CT molecular complexity index is 3910. The van der Waals surface area contributed by atoms with Gasteiger partial charge in [0.25, 0.3) is 23.7 Å². The lowest BCUT2D eigenvalue weighted by atomic mass is 9.91. The number of alkyl halides is 8. The second-order valence-electron chi connectivity index (χ2n) is 28.8. The summed E-state index contributed by atoms with van der Waals surface area (Å²) in [6, 6.07) is 32.1. The molecule has 0 spiro atoms. The molecule has 0 radical (unpaired) electrons. The van der Waals surface area contributed by atoms with E-state index in [9.17, 15) is 49.5 Å². The van der Waals surface area contributed by atoms with Crippen LogP contribution in [0.1, 0.15) is 161 Å². The van der Waals surface area contributed by atoms with Gasteiger partial charge in [-0.25, -0.2) is 59.9 Å². The average molecular weight is 1690 g/mol. The van der Waals surface area contributed by atoms with Crippen molar-refractivity contribution < 1.29 is 54.3 Å². The summed E-state index contributed by atoms with van der Waals surface area (Å²) in [5, 5.41) is 5.20. The van der Waals surface area contributed by atoms with Crippen LogP contribution in [-0.4, -0.2) is 153 Å². The van der Waals surface area contributed by atoms with Gasteiger partial charge in [0, 0.05) is 116 Å². The van der Waals surface area contributed by atoms with Crippen LogP contribution in [0.5, 0.6) is 0 Å². The first-order valence-electron chi connectivity index (χ1n) is 35.9. The Morgan fingerprint density at radius 1 is 0.405 bits per heavy atom. The largest absolute Gasteiger partial charge is 0.342 e. The summed E-state index contributed by atoms with van der Waals surface area (Å²) in [6.07, 6.45) is 5.64. The molecule has 111 heavy (non-hydrogen) atoms. The second kappa shape index (κ2) is 43.6. The maximum Gasteiger partial charge on any atom is 0.318 e. The SMILES string of the molecule is CC(C)[C@H](CC(=O)N1CCC(F)(F)CC1)c1ncc(-c2ccc(-c3ccc(-c4cnc([C@@H](NC(=O)N5CCC(F)(F)CC5)C(C)C)[nH]4)cc3)cc2)[nH]1.CC(C)[C@H](N)c1ncc(-c2ccc(-c3ccc(-c4cnc([C@@H](N)C(C)C)[nH]4)cc3)cc2)[nH]1.FC1(F)CCNCC1.O=C(Cl)Cl.O=C(Cl)N1CCC(F)(F)CC1.S.S.S.S. The lowest BCUT2D eigenvalue weighted by Gasteiger charge is -2.33. The molecule has 4 aliphatic heterocycles. The maximum atomic E-state index is 13.6. The number of carbonyl (C=O) groups excluding carboxylic acids is 4. The maximum absolute atomic E-state index is 13.6. The van der Waals surface area contributed by atoms with Crippen LogP contribution in [0.2, 0.25) is 0 Å². The fraction of sp³-hybridized carbons (Fsp3) is 0.481. The summed E-state index contributed by atoms with van der Waals surface area (Å²) in [7, 11) is 0. The number of aromatic amines is 4. The number of hydrogen-bond donors (Lipinski definition) is 8.